The number of ether oxygens (including phenoxy) is 3. The molecule has 0 aliphatic carbocycles. The maximum absolute atomic E-state index is 11.3. The molecule has 0 atom stereocenters. The maximum Gasteiger partial charge on any atom is 0.379 e. The SMILES string of the molecule is O=C1OC/C(=C\c2ccc3c(c2)OCO3)C1=O. The smallest absolute Gasteiger partial charge is 0.379 e. The molecule has 1 aromatic carbocycles. The van der Waals surface area contributed by atoms with Crippen LogP contribution < -0.4 is 9.47 Å². The number of ketones is 1. The lowest BCUT2D eigenvalue weighted by Crippen LogP contribution is -2.06. The Morgan fingerprint density at radius 2 is 1.88 bits per heavy atom. The van der Waals surface area contributed by atoms with E-state index in [4.69, 9.17) is 9.47 Å². The summed E-state index contributed by atoms with van der Waals surface area (Å²) in [5, 5.41) is 0. The minimum atomic E-state index is -0.794. The Morgan fingerprint density at radius 3 is 2.65 bits per heavy atom. The van der Waals surface area contributed by atoms with Gasteiger partial charge in [-0.25, -0.2) is 4.79 Å². The molecular formula is C12H8O5. The Labute approximate surface area is 96.6 Å². The van der Waals surface area contributed by atoms with Crippen molar-refractivity contribution in [3.63, 3.8) is 0 Å². The van der Waals surface area contributed by atoms with E-state index in [1.807, 2.05) is 0 Å². The van der Waals surface area contributed by atoms with Gasteiger partial charge in [-0.1, -0.05) is 6.07 Å². The highest BCUT2D eigenvalue weighted by Crippen LogP contribution is 2.33. The number of carbonyl (C=O) groups is 2. The Morgan fingerprint density at radius 1 is 1.06 bits per heavy atom. The molecule has 1 fully saturated rings. The number of hydrogen-bond acceptors (Lipinski definition) is 5. The molecule has 5 heteroatoms. The van der Waals surface area contributed by atoms with Gasteiger partial charge in [-0.15, -0.1) is 0 Å². The van der Waals surface area contributed by atoms with Crippen LogP contribution in [-0.4, -0.2) is 25.2 Å². The van der Waals surface area contributed by atoms with Crippen molar-refractivity contribution in [1.29, 1.82) is 0 Å². The van der Waals surface area contributed by atoms with Crippen molar-refractivity contribution >= 4 is 17.8 Å². The zero-order valence-electron chi connectivity index (χ0n) is 8.76. The van der Waals surface area contributed by atoms with Crippen molar-refractivity contribution in [3.05, 3.63) is 29.3 Å². The fraction of sp³-hybridized carbons (Fsp3) is 0.167. The Bertz CT molecular complexity index is 544. The molecule has 2 aliphatic heterocycles. The second-order valence-corrected chi connectivity index (χ2v) is 3.69. The monoisotopic (exact) mass is 232 g/mol. The van der Waals surface area contributed by atoms with Gasteiger partial charge in [0.25, 0.3) is 5.78 Å². The first kappa shape index (κ1) is 9.89. The summed E-state index contributed by atoms with van der Waals surface area (Å²) >= 11 is 0. The van der Waals surface area contributed by atoms with Gasteiger partial charge in [0.05, 0.1) is 0 Å². The third-order valence-corrected chi connectivity index (χ3v) is 2.57. The molecule has 2 heterocycles. The third kappa shape index (κ3) is 1.65. The molecule has 1 saturated heterocycles. The molecule has 0 bridgehead atoms. The minimum Gasteiger partial charge on any atom is -0.455 e. The van der Waals surface area contributed by atoms with Crippen molar-refractivity contribution in [2.75, 3.05) is 13.4 Å². The van der Waals surface area contributed by atoms with E-state index in [0.717, 1.165) is 5.56 Å². The molecule has 0 spiro atoms. The highest BCUT2D eigenvalue weighted by Gasteiger charge is 2.28. The number of fused-ring (bicyclic) bond motifs is 1. The molecule has 3 rings (SSSR count). The summed E-state index contributed by atoms with van der Waals surface area (Å²) in [5.41, 5.74) is 1.13. The van der Waals surface area contributed by atoms with Crippen LogP contribution >= 0.6 is 0 Å². The summed E-state index contributed by atoms with van der Waals surface area (Å²) in [6, 6.07) is 5.30. The highest BCUT2D eigenvalue weighted by molar-refractivity contribution is 6.43. The van der Waals surface area contributed by atoms with Gasteiger partial charge in [-0.05, 0) is 23.8 Å². The van der Waals surface area contributed by atoms with Gasteiger partial charge in [-0.2, -0.15) is 0 Å². The van der Waals surface area contributed by atoms with Crippen molar-refractivity contribution < 1.29 is 23.8 Å². The van der Waals surface area contributed by atoms with E-state index in [0.29, 0.717) is 17.1 Å². The normalized spacial score (nSPS) is 19.9. The molecule has 0 aromatic heterocycles. The van der Waals surface area contributed by atoms with E-state index in [9.17, 15) is 9.59 Å². The van der Waals surface area contributed by atoms with Crippen LogP contribution in [-0.2, 0) is 14.3 Å². The van der Waals surface area contributed by atoms with Crippen LogP contribution in [0.4, 0.5) is 0 Å². The van der Waals surface area contributed by atoms with Gasteiger partial charge in [0.2, 0.25) is 6.79 Å². The molecule has 17 heavy (non-hydrogen) atoms. The van der Waals surface area contributed by atoms with Crippen molar-refractivity contribution in [3.8, 4) is 11.5 Å². The summed E-state index contributed by atoms with van der Waals surface area (Å²) in [4.78, 5) is 22.2. The van der Waals surface area contributed by atoms with Gasteiger partial charge in [-0.3, -0.25) is 4.79 Å². The number of carbonyl (C=O) groups excluding carboxylic acids is 2. The standard InChI is InChI=1S/C12H8O5/c13-11-8(5-15-12(11)14)3-7-1-2-9-10(4-7)17-6-16-9/h1-4H,5-6H2/b8-3+. The first-order chi connectivity index (χ1) is 8.24. The average Bonchev–Trinajstić information content (AvgIpc) is 2.90. The van der Waals surface area contributed by atoms with E-state index < -0.39 is 11.8 Å². The predicted molar refractivity (Wildman–Crippen MR) is 56.5 cm³/mol. The van der Waals surface area contributed by atoms with Gasteiger partial charge in [0.1, 0.15) is 6.61 Å². The third-order valence-electron chi connectivity index (χ3n) is 2.57. The largest absolute Gasteiger partial charge is 0.455 e. The van der Waals surface area contributed by atoms with E-state index in [1.165, 1.54) is 0 Å². The molecule has 86 valence electrons. The van der Waals surface area contributed by atoms with Crippen LogP contribution in [0.15, 0.2) is 23.8 Å². The zero-order chi connectivity index (χ0) is 11.8. The number of cyclic esters (lactones) is 1. The van der Waals surface area contributed by atoms with Crippen molar-refractivity contribution in [1.82, 2.24) is 0 Å². The van der Waals surface area contributed by atoms with Crippen LogP contribution in [0.25, 0.3) is 6.08 Å². The van der Waals surface area contributed by atoms with Crippen LogP contribution in [0.2, 0.25) is 0 Å². The van der Waals surface area contributed by atoms with Gasteiger partial charge < -0.3 is 14.2 Å². The number of Topliss-reactive ketones (excluding diaryl/α,β-unsaturated/α-hetero) is 1. The lowest BCUT2D eigenvalue weighted by molar-refractivity contribution is -0.146. The predicted octanol–water partition coefficient (Wildman–Crippen LogP) is 0.925. The number of rotatable bonds is 1. The topological polar surface area (TPSA) is 61.8 Å². The van der Waals surface area contributed by atoms with E-state index in [2.05, 4.69) is 4.74 Å². The molecule has 0 saturated carbocycles. The second-order valence-electron chi connectivity index (χ2n) is 3.69. The average molecular weight is 232 g/mol. The molecule has 0 N–H and O–H groups in total. The molecule has 5 nitrogen and oxygen atoms in total. The van der Waals surface area contributed by atoms with Crippen LogP contribution in [0.3, 0.4) is 0 Å². The molecule has 0 amide bonds. The molecule has 0 unspecified atom stereocenters. The highest BCUT2D eigenvalue weighted by atomic mass is 16.7. The Balaban J connectivity index is 1.93. The lowest BCUT2D eigenvalue weighted by Gasteiger charge is -1.98. The van der Waals surface area contributed by atoms with Crippen LogP contribution in [0.1, 0.15) is 5.56 Å². The quantitative estimate of drug-likeness (QED) is 0.409. The Kier molecular flexibility index (Phi) is 2.11. The van der Waals surface area contributed by atoms with Crippen molar-refractivity contribution in [2.45, 2.75) is 0 Å². The summed E-state index contributed by atoms with van der Waals surface area (Å²) < 4.78 is 15.0. The number of benzene rings is 1. The molecule has 2 aliphatic rings. The van der Waals surface area contributed by atoms with E-state index in [1.54, 1.807) is 24.3 Å². The maximum atomic E-state index is 11.3. The summed E-state index contributed by atoms with van der Waals surface area (Å²) in [6.45, 7) is 0.238. The molecular weight excluding hydrogens is 224 g/mol. The van der Waals surface area contributed by atoms with Gasteiger partial charge in [0.15, 0.2) is 11.5 Å². The second kappa shape index (κ2) is 3.62. The summed E-state index contributed by atoms with van der Waals surface area (Å²) in [6.07, 6.45) is 1.62. The zero-order valence-corrected chi connectivity index (χ0v) is 8.76. The number of hydrogen-bond donors (Lipinski definition) is 0. The number of esters is 1. The fourth-order valence-corrected chi connectivity index (χ4v) is 1.72. The van der Waals surface area contributed by atoms with Crippen molar-refractivity contribution in [2.24, 2.45) is 0 Å². The van der Waals surface area contributed by atoms with E-state index in [-0.39, 0.29) is 13.4 Å². The van der Waals surface area contributed by atoms with Crippen LogP contribution in [0, 0.1) is 0 Å². The summed E-state index contributed by atoms with van der Waals surface area (Å²) in [7, 11) is 0. The molecule has 1 aromatic rings. The van der Waals surface area contributed by atoms with Gasteiger partial charge in [0, 0.05) is 5.57 Å². The first-order valence-electron chi connectivity index (χ1n) is 5.06. The minimum absolute atomic E-state index is 0.0338. The first-order valence-corrected chi connectivity index (χ1v) is 5.06. The Hall–Kier alpha value is -2.30. The summed E-state index contributed by atoms with van der Waals surface area (Å²) in [5.74, 6) is -0.0612. The van der Waals surface area contributed by atoms with E-state index >= 15 is 0 Å². The van der Waals surface area contributed by atoms with Crippen LogP contribution in [0.5, 0.6) is 11.5 Å². The lowest BCUT2D eigenvalue weighted by atomic mass is 10.1. The molecule has 0 radical (unpaired) electrons. The van der Waals surface area contributed by atoms with Gasteiger partial charge >= 0.3 is 5.97 Å². The fourth-order valence-electron chi connectivity index (χ4n) is 1.72.